The SMILES string of the molecule is O=CC1Nc2ncc(-c3cccc(C(F)F)c3)cc2N1Cc1ccccn1. The van der Waals surface area contributed by atoms with Crippen LogP contribution in [0.2, 0.25) is 0 Å². The number of aldehydes is 1. The lowest BCUT2D eigenvalue weighted by molar-refractivity contribution is -0.108. The molecular formula is C20H16F2N4O. The number of alkyl halides is 2. The van der Waals surface area contributed by atoms with Gasteiger partial charge in [0.2, 0.25) is 0 Å². The molecule has 1 aromatic carbocycles. The van der Waals surface area contributed by atoms with Gasteiger partial charge in [-0.1, -0.05) is 24.3 Å². The van der Waals surface area contributed by atoms with Gasteiger partial charge in [0.25, 0.3) is 6.43 Å². The molecule has 0 fully saturated rings. The summed E-state index contributed by atoms with van der Waals surface area (Å²) < 4.78 is 26.0. The van der Waals surface area contributed by atoms with E-state index in [1.54, 1.807) is 24.5 Å². The van der Waals surface area contributed by atoms with E-state index in [1.165, 1.54) is 12.1 Å². The average molecular weight is 366 g/mol. The zero-order valence-electron chi connectivity index (χ0n) is 14.2. The Hall–Kier alpha value is -3.35. The van der Waals surface area contributed by atoms with Crippen LogP contribution in [0.1, 0.15) is 17.7 Å². The third-order valence-electron chi connectivity index (χ3n) is 4.46. The van der Waals surface area contributed by atoms with Gasteiger partial charge in [0.1, 0.15) is 0 Å². The van der Waals surface area contributed by atoms with Gasteiger partial charge < -0.3 is 10.2 Å². The summed E-state index contributed by atoms with van der Waals surface area (Å²) in [5, 5.41) is 3.06. The number of carbonyl (C=O) groups excluding carboxylic acids is 1. The van der Waals surface area contributed by atoms with Crippen molar-refractivity contribution < 1.29 is 13.6 Å². The van der Waals surface area contributed by atoms with Crippen molar-refractivity contribution in [1.29, 1.82) is 0 Å². The molecule has 3 aromatic rings. The fraction of sp³-hybridized carbons (Fsp3) is 0.150. The van der Waals surface area contributed by atoms with Gasteiger partial charge in [-0.3, -0.25) is 9.78 Å². The summed E-state index contributed by atoms with van der Waals surface area (Å²) in [6, 6.07) is 13.7. The maximum absolute atomic E-state index is 13.0. The maximum atomic E-state index is 13.0. The highest BCUT2D eigenvalue weighted by atomic mass is 19.3. The van der Waals surface area contributed by atoms with Crippen molar-refractivity contribution in [2.45, 2.75) is 19.1 Å². The van der Waals surface area contributed by atoms with Crippen molar-refractivity contribution in [2.24, 2.45) is 0 Å². The van der Waals surface area contributed by atoms with Crippen molar-refractivity contribution in [1.82, 2.24) is 9.97 Å². The van der Waals surface area contributed by atoms with E-state index in [4.69, 9.17) is 0 Å². The molecule has 27 heavy (non-hydrogen) atoms. The molecule has 1 aliphatic heterocycles. The molecule has 1 unspecified atom stereocenters. The molecule has 0 saturated heterocycles. The van der Waals surface area contributed by atoms with Crippen LogP contribution >= 0.6 is 0 Å². The minimum atomic E-state index is -2.53. The van der Waals surface area contributed by atoms with Crippen molar-refractivity contribution in [3.8, 4) is 11.1 Å². The number of pyridine rings is 2. The number of carbonyl (C=O) groups is 1. The lowest BCUT2D eigenvalue weighted by Crippen LogP contribution is -2.36. The molecule has 0 bridgehead atoms. The largest absolute Gasteiger partial charge is 0.342 e. The van der Waals surface area contributed by atoms with Crippen LogP contribution in [0.25, 0.3) is 11.1 Å². The molecule has 4 rings (SSSR count). The summed E-state index contributed by atoms with van der Waals surface area (Å²) in [7, 11) is 0. The molecule has 0 radical (unpaired) electrons. The number of hydrogen-bond donors (Lipinski definition) is 1. The average Bonchev–Trinajstić information content (AvgIpc) is 3.05. The molecule has 1 atom stereocenters. The highest BCUT2D eigenvalue weighted by Crippen LogP contribution is 2.37. The van der Waals surface area contributed by atoms with E-state index in [0.29, 0.717) is 23.5 Å². The number of benzene rings is 1. The third-order valence-corrected chi connectivity index (χ3v) is 4.46. The van der Waals surface area contributed by atoms with Crippen LogP contribution in [-0.4, -0.2) is 22.4 Å². The first-order valence-corrected chi connectivity index (χ1v) is 8.42. The molecule has 136 valence electrons. The molecule has 1 N–H and O–H groups in total. The van der Waals surface area contributed by atoms with E-state index in [-0.39, 0.29) is 5.56 Å². The highest BCUT2D eigenvalue weighted by Gasteiger charge is 2.30. The van der Waals surface area contributed by atoms with Gasteiger partial charge in [0, 0.05) is 23.5 Å². The van der Waals surface area contributed by atoms with Crippen molar-refractivity contribution >= 4 is 17.8 Å². The summed E-state index contributed by atoms with van der Waals surface area (Å²) in [4.78, 5) is 22.1. The summed E-state index contributed by atoms with van der Waals surface area (Å²) in [6.45, 7) is 0.423. The number of rotatable bonds is 5. The molecule has 0 spiro atoms. The zero-order valence-corrected chi connectivity index (χ0v) is 14.2. The van der Waals surface area contributed by atoms with Crippen molar-refractivity contribution in [2.75, 3.05) is 10.2 Å². The minimum absolute atomic E-state index is 0.0396. The van der Waals surface area contributed by atoms with E-state index < -0.39 is 12.6 Å². The van der Waals surface area contributed by atoms with Gasteiger partial charge in [0.15, 0.2) is 18.3 Å². The molecule has 1 aliphatic rings. The summed E-state index contributed by atoms with van der Waals surface area (Å²) >= 11 is 0. The second-order valence-corrected chi connectivity index (χ2v) is 6.19. The Labute approximate surface area is 154 Å². The monoisotopic (exact) mass is 366 g/mol. The Morgan fingerprint density at radius 1 is 1.11 bits per heavy atom. The number of aromatic nitrogens is 2. The number of fused-ring (bicyclic) bond motifs is 1. The smallest absolute Gasteiger partial charge is 0.263 e. The predicted molar refractivity (Wildman–Crippen MR) is 98.5 cm³/mol. The van der Waals surface area contributed by atoms with Crippen LogP contribution in [0.3, 0.4) is 0 Å². The van der Waals surface area contributed by atoms with Crippen molar-refractivity contribution in [3.63, 3.8) is 0 Å². The molecule has 0 amide bonds. The van der Waals surface area contributed by atoms with Gasteiger partial charge in [-0.15, -0.1) is 0 Å². The van der Waals surface area contributed by atoms with Crippen LogP contribution in [-0.2, 0) is 11.3 Å². The van der Waals surface area contributed by atoms with Crippen molar-refractivity contribution in [3.05, 3.63) is 72.2 Å². The predicted octanol–water partition coefficient (Wildman–Crippen LogP) is 4.04. The van der Waals surface area contributed by atoms with E-state index >= 15 is 0 Å². The lowest BCUT2D eigenvalue weighted by atomic mass is 10.0. The van der Waals surface area contributed by atoms with Crippen LogP contribution in [0.5, 0.6) is 0 Å². The fourth-order valence-electron chi connectivity index (χ4n) is 3.12. The van der Waals surface area contributed by atoms with Gasteiger partial charge in [-0.05, 0) is 29.8 Å². The summed E-state index contributed by atoms with van der Waals surface area (Å²) in [6.07, 6.45) is 1.02. The highest BCUT2D eigenvalue weighted by molar-refractivity contribution is 5.85. The van der Waals surface area contributed by atoms with Crippen LogP contribution in [0.4, 0.5) is 20.3 Å². The Morgan fingerprint density at radius 3 is 2.74 bits per heavy atom. The normalized spacial score (nSPS) is 15.5. The topological polar surface area (TPSA) is 58.1 Å². The fourth-order valence-corrected chi connectivity index (χ4v) is 3.12. The number of hydrogen-bond acceptors (Lipinski definition) is 5. The van der Waals surface area contributed by atoms with Gasteiger partial charge >= 0.3 is 0 Å². The Morgan fingerprint density at radius 2 is 2.00 bits per heavy atom. The van der Waals surface area contributed by atoms with E-state index in [0.717, 1.165) is 17.7 Å². The van der Waals surface area contributed by atoms with E-state index in [1.807, 2.05) is 29.2 Å². The maximum Gasteiger partial charge on any atom is 0.263 e. The number of anilines is 2. The Kier molecular flexibility index (Phi) is 4.50. The zero-order chi connectivity index (χ0) is 18.8. The first-order chi connectivity index (χ1) is 13.2. The van der Waals surface area contributed by atoms with Crippen LogP contribution < -0.4 is 10.2 Å². The Balaban J connectivity index is 1.71. The van der Waals surface area contributed by atoms with Crippen LogP contribution in [0.15, 0.2) is 60.9 Å². The quantitative estimate of drug-likeness (QED) is 0.691. The molecular weight excluding hydrogens is 350 g/mol. The van der Waals surface area contributed by atoms with E-state index in [2.05, 4.69) is 15.3 Å². The first-order valence-electron chi connectivity index (χ1n) is 8.42. The number of nitrogens with one attached hydrogen (secondary N) is 1. The standard InChI is InChI=1S/C20H16F2N4O/c21-19(22)14-5-3-4-13(8-14)15-9-17-20(24-10-15)25-18(12-27)26(17)11-16-6-1-2-7-23-16/h1-10,12,18-19H,11H2,(H,24,25). The number of halogens is 2. The van der Waals surface area contributed by atoms with Gasteiger partial charge in [0.05, 0.1) is 17.9 Å². The van der Waals surface area contributed by atoms with Crippen LogP contribution in [0, 0.1) is 0 Å². The minimum Gasteiger partial charge on any atom is -0.342 e. The molecule has 3 heterocycles. The Bertz CT molecular complexity index is 965. The summed E-state index contributed by atoms with van der Waals surface area (Å²) in [5.74, 6) is 0.580. The third kappa shape index (κ3) is 3.36. The molecule has 0 aliphatic carbocycles. The second kappa shape index (κ2) is 7.11. The first kappa shape index (κ1) is 17.1. The molecule has 2 aromatic heterocycles. The lowest BCUT2D eigenvalue weighted by Gasteiger charge is -2.22. The van der Waals surface area contributed by atoms with Gasteiger partial charge in [-0.25, -0.2) is 13.8 Å². The number of nitrogens with zero attached hydrogens (tertiary/aromatic N) is 3. The second-order valence-electron chi connectivity index (χ2n) is 6.19. The van der Waals surface area contributed by atoms with Gasteiger partial charge in [-0.2, -0.15) is 0 Å². The molecule has 7 heteroatoms. The molecule has 0 saturated carbocycles. The molecule has 5 nitrogen and oxygen atoms in total. The van der Waals surface area contributed by atoms with E-state index in [9.17, 15) is 13.6 Å². The summed E-state index contributed by atoms with van der Waals surface area (Å²) in [5.41, 5.74) is 2.86.